The van der Waals surface area contributed by atoms with Crippen LogP contribution in [-0.4, -0.2) is 44.6 Å². The fraction of sp³-hybridized carbons (Fsp3) is 0.800. The van der Waals surface area contributed by atoms with Crippen molar-refractivity contribution in [1.29, 1.82) is 0 Å². The Kier molecular flexibility index (Phi) is 2.81. The second kappa shape index (κ2) is 4.36. The van der Waals surface area contributed by atoms with Gasteiger partial charge in [0.25, 0.3) is 0 Å². The first-order valence-electron chi connectivity index (χ1n) is 9.58. The topological polar surface area (TPSA) is 104 Å². The van der Waals surface area contributed by atoms with E-state index in [1.807, 2.05) is 6.92 Å². The van der Waals surface area contributed by atoms with Crippen LogP contribution in [0.3, 0.4) is 0 Å². The normalized spacial score (nSPS) is 59.8. The molecule has 0 aromatic heterocycles. The Balaban J connectivity index is 1.77. The molecule has 1 saturated heterocycles. The molecule has 26 heavy (non-hydrogen) atoms. The van der Waals surface area contributed by atoms with Crippen LogP contribution in [0, 0.1) is 34.5 Å². The number of hydrogen-bond acceptors (Lipinski definition) is 5. The molecule has 5 fully saturated rings. The van der Waals surface area contributed by atoms with Crippen molar-refractivity contribution < 1.29 is 29.6 Å². The molecule has 6 heteroatoms. The minimum Gasteiger partial charge on any atom is -0.481 e. The lowest BCUT2D eigenvalue weighted by Gasteiger charge is -2.47. The average Bonchev–Trinajstić information content (AvgIpc) is 2.96. The number of carbonyl (C=O) groups excluding carboxylic acids is 1. The second-order valence-corrected chi connectivity index (χ2v) is 9.86. The summed E-state index contributed by atoms with van der Waals surface area (Å²) < 4.78 is 6.03. The number of aliphatic hydroxyl groups is 2. The molecule has 4 aliphatic carbocycles. The van der Waals surface area contributed by atoms with Crippen LogP contribution in [0.4, 0.5) is 0 Å². The number of esters is 1. The van der Waals surface area contributed by atoms with Crippen LogP contribution in [0.15, 0.2) is 12.2 Å². The van der Waals surface area contributed by atoms with E-state index < -0.39 is 51.9 Å². The third-order valence-electron chi connectivity index (χ3n) is 8.86. The molecule has 9 atom stereocenters. The van der Waals surface area contributed by atoms with Crippen molar-refractivity contribution in [3.8, 4) is 0 Å². The van der Waals surface area contributed by atoms with Crippen LogP contribution in [0.1, 0.15) is 46.0 Å². The summed E-state index contributed by atoms with van der Waals surface area (Å²) in [5, 5.41) is 32.1. The van der Waals surface area contributed by atoms with Gasteiger partial charge in [-0.05, 0) is 55.9 Å². The number of ether oxygens (including phenoxy) is 1. The van der Waals surface area contributed by atoms with Gasteiger partial charge in [-0.1, -0.05) is 13.5 Å². The van der Waals surface area contributed by atoms with Gasteiger partial charge in [-0.25, -0.2) is 0 Å². The zero-order valence-electron chi connectivity index (χ0n) is 15.2. The van der Waals surface area contributed by atoms with Crippen molar-refractivity contribution >= 4 is 11.9 Å². The molecule has 4 bridgehead atoms. The van der Waals surface area contributed by atoms with Gasteiger partial charge in [-0.15, -0.1) is 0 Å². The maximum Gasteiger partial charge on any atom is 0.315 e. The highest BCUT2D eigenvalue weighted by Crippen LogP contribution is 2.78. The predicted molar refractivity (Wildman–Crippen MR) is 89.8 cm³/mol. The second-order valence-electron chi connectivity index (χ2n) is 9.86. The molecule has 0 amide bonds. The van der Waals surface area contributed by atoms with E-state index in [4.69, 9.17) is 4.74 Å². The van der Waals surface area contributed by atoms with Crippen molar-refractivity contribution in [3.05, 3.63) is 12.2 Å². The summed E-state index contributed by atoms with van der Waals surface area (Å²) in [6.07, 6.45) is 1.56. The summed E-state index contributed by atoms with van der Waals surface area (Å²) in [4.78, 5) is 25.4. The molecule has 1 spiro atoms. The van der Waals surface area contributed by atoms with E-state index in [1.54, 1.807) is 6.92 Å². The monoisotopic (exact) mass is 362 g/mol. The maximum atomic E-state index is 12.9. The van der Waals surface area contributed by atoms with E-state index in [-0.39, 0.29) is 11.8 Å². The van der Waals surface area contributed by atoms with Crippen molar-refractivity contribution in [2.75, 3.05) is 0 Å². The zero-order chi connectivity index (χ0) is 18.9. The number of aliphatic hydroxyl groups excluding tert-OH is 1. The van der Waals surface area contributed by atoms with Gasteiger partial charge in [0.2, 0.25) is 0 Å². The van der Waals surface area contributed by atoms with Crippen molar-refractivity contribution in [2.45, 2.75) is 63.3 Å². The molecule has 0 aromatic rings. The van der Waals surface area contributed by atoms with Crippen LogP contribution >= 0.6 is 0 Å². The standard InChI is InChI=1S/C20H26O6/c1-9-6-20-11-4-5-19(25)8-18(11,7-10(19)2)12(15(22)23)13(20)17(3,14(9)21)16(24)26-20/h9,11-14,21,25H,2,4-8H2,1,3H3,(H,22,23)/t9-,11+,12+,13+,14-,17-,18-,19-,20+/m0/s1. The minimum atomic E-state index is -1.21. The van der Waals surface area contributed by atoms with E-state index >= 15 is 0 Å². The van der Waals surface area contributed by atoms with E-state index in [9.17, 15) is 24.9 Å². The first-order valence-corrected chi connectivity index (χ1v) is 9.58. The number of hydrogen-bond donors (Lipinski definition) is 3. The first kappa shape index (κ1) is 16.8. The van der Waals surface area contributed by atoms with Gasteiger partial charge in [-0.3, -0.25) is 9.59 Å². The number of fused-ring (bicyclic) bond motifs is 1. The fourth-order valence-electron chi connectivity index (χ4n) is 8.08. The molecule has 3 N–H and O–H groups in total. The number of carboxylic acid groups (broad SMARTS) is 1. The Morgan fingerprint density at radius 2 is 2.08 bits per heavy atom. The third kappa shape index (κ3) is 1.44. The lowest BCUT2D eigenvalue weighted by Crippen LogP contribution is -2.56. The largest absolute Gasteiger partial charge is 0.481 e. The quantitative estimate of drug-likeness (QED) is 0.482. The molecule has 0 radical (unpaired) electrons. The lowest BCUT2D eigenvalue weighted by atomic mass is 9.56. The number of carboxylic acids is 1. The minimum absolute atomic E-state index is 0.110. The molecular formula is C20H26O6. The molecule has 6 nitrogen and oxygen atoms in total. The van der Waals surface area contributed by atoms with Crippen LogP contribution in [0.25, 0.3) is 0 Å². The highest BCUT2D eigenvalue weighted by atomic mass is 16.6. The summed E-state index contributed by atoms with van der Waals surface area (Å²) in [5.41, 5.74) is -3.01. The molecular weight excluding hydrogens is 336 g/mol. The van der Waals surface area contributed by atoms with Gasteiger partial charge < -0.3 is 20.1 Å². The van der Waals surface area contributed by atoms with E-state index in [1.165, 1.54) is 0 Å². The average molecular weight is 362 g/mol. The molecule has 1 aliphatic heterocycles. The first-order chi connectivity index (χ1) is 12.0. The highest BCUT2D eigenvalue weighted by Gasteiger charge is 2.85. The Morgan fingerprint density at radius 1 is 1.38 bits per heavy atom. The molecule has 0 unspecified atom stereocenters. The van der Waals surface area contributed by atoms with Gasteiger partial charge in [0.05, 0.1) is 23.0 Å². The predicted octanol–water partition coefficient (Wildman–Crippen LogP) is 1.50. The molecule has 0 aromatic carbocycles. The Hall–Kier alpha value is -1.40. The zero-order valence-corrected chi connectivity index (χ0v) is 15.2. The smallest absolute Gasteiger partial charge is 0.315 e. The summed E-state index contributed by atoms with van der Waals surface area (Å²) in [5.74, 6) is -3.05. The van der Waals surface area contributed by atoms with Gasteiger partial charge in [-0.2, -0.15) is 0 Å². The SMILES string of the molecule is C=C1C[C@]23C[C@@]1(O)CC[C@H]2[C@@]12C[C@H](C)[C@H](O)[C@@](C)(C(=O)O1)[C@H]2[C@@H]3C(=O)O. The van der Waals surface area contributed by atoms with Crippen molar-refractivity contribution in [2.24, 2.45) is 34.5 Å². The molecule has 5 rings (SSSR count). The number of rotatable bonds is 1. The van der Waals surface area contributed by atoms with Crippen molar-refractivity contribution in [3.63, 3.8) is 0 Å². The summed E-state index contributed by atoms with van der Waals surface area (Å²) in [6, 6.07) is 0. The Morgan fingerprint density at radius 3 is 2.73 bits per heavy atom. The lowest BCUT2D eigenvalue weighted by molar-refractivity contribution is -0.164. The summed E-state index contributed by atoms with van der Waals surface area (Å²) >= 11 is 0. The van der Waals surface area contributed by atoms with Gasteiger partial charge in [0.1, 0.15) is 5.60 Å². The van der Waals surface area contributed by atoms with Gasteiger partial charge >= 0.3 is 11.9 Å². The Bertz CT molecular complexity index is 761. The van der Waals surface area contributed by atoms with Crippen LogP contribution < -0.4 is 0 Å². The van der Waals surface area contributed by atoms with Gasteiger partial charge in [0.15, 0.2) is 0 Å². The molecule has 142 valence electrons. The van der Waals surface area contributed by atoms with Crippen LogP contribution in [0.2, 0.25) is 0 Å². The number of carbonyl (C=O) groups is 2. The molecule has 4 saturated carbocycles. The maximum absolute atomic E-state index is 12.9. The summed E-state index contributed by atoms with van der Waals surface area (Å²) in [6.45, 7) is 7.65. The van der Waals surface area contributed by atoms with Gasteiger partial charge in [0, 0.05) is 11.8 Å². The van der Waals surface area contributed by atoms with E-state index in [0.29, 0.717) is 37.7 Å². The van der Waals surface area contributed by atoms with Crippen LogP contribution in [-0.2, 0) is 14.3 Å². The van der Waals surface area contributed by atoms with Crippen molar-refractivity contribution in [1.82, 2.24) is 0 Å². The van der Waals surface area contributed by atoms with Crippen LogP contribution in [0.5, 0.6) is 0 Å². The van der Waals surface area contributed by atoms with E-state index in [0.717, 1.165) is 0 Å². The fourth-order valence-corrected chi connectivity index (χ4v) is 8.08. The third-order valence-corrected chi connectivity index (χ3v) is 8.86. The van der Waals surface area contributed by atoms with E-state index in [2.05, 4.69) is 6.58 Å². The highest BCUT2D eigenvalue weighted by molar-refractivity contribution is 5.85. The number of aliphatic carboxylic acids is 1. The molecule has 5 aliphatic rings. The summed E-state index contributed by atoms with van der Waals surface area (Å²) in [7, 11) is 0. The Labute approximate surface area is 152 Å². The molecule has 1 heterocycles.